The van der Waals surface area contributed by atoms with Gasteiger partial charge in [-0.3, -0.25) is 0 Å². The van der Waals surface area contributed by atoms with Crippen LogP contribution in [0.15, 0.2) is 138 Å². The minimum absolute atomic E-state index is 0.783. The van der Waals surface area contributed by atoms with E-state index in [-0.39, 0.29) is 0 Å². The summed E-state index contributed by atoms with van der Waals surface area (Å²) >= 11 is 0. The zero-order valence-corrected chi connectivity index (χ0v) is 28.9. The predicted molar refractivity (Wildman–Crippen MR) is 218 cm³/mol. The molecule has 0 radical (unpaired) electrons. The molecule has 246 valence electrons. The first-order chi connectivity index (χ1) is 25.8. The largest absolute Gasteiger partial charge is 0.460 e. The highest BCUT2D eigenvalue weighted by atomic mass is 16.3. The van der Waals surface area contributed by atoms with Gasteiger partial charge in [-0.1, -0.05) is 123 Å². The van der Waals surface area contributed by atoms with E-state index in [9.17, 15) is 0 Å². The van der Waals surface area contributed by atoms with Crippen LogP contribution in [-0.4, -0.2) is 14.4 Å². The van der Waals surface area contributed by atoms with Gasteiger partial charge in [0.15, 0.2) is 5.82 Å². The molecule has 0 amide bonds. The molecule has 52 heavy (non-hydrogen) atoms. The zero-order valence-electron chi connectivity index (χ0n) is 28.9. The van der Waals surface area contributed by atoms with Gasteiger partial charge in [-0.25, -0.2) is 9.97 Å². The molecule has 0 unspecified atom stereocenters. The fraction of sp³-hybridized carbons (Fsp3) is 0.0833. The van der Waals surface area contributed by atoms with Gasteiger partial charge in [0.25, 0.3) is 0 Å². The third-order valence-electron chi connectivity index (χ3n) is 11.0. The number of hydrogen-bond acceptors (Lipinski definition) is 3. The van der Waals surface area contributed by atoms with E-state index >= 15 is 0 Å². The van der Waals surface area contributed by atoms with Crippen molar-refractivity contribution in [3.05, 3.63) is 151 Å². The Labute approximate surface area is 299 Å². The van der Waals surface area contributed by atoms with Crippen molar-refractivity contribution in [1.29, 1.82) is 0 Å². The van der Waals surface area contributed by atoms with Crippen molar-refractivity contribution in [2.75, 3.05) is 0 Å². The van der Waals surface area contributed by atoms with Crippen molar-refractivity contribution in [1.82, 2.24) is 14.4 Å². The molecular formula is C48H33N3O. The van der Waals surface area contributed by atoms with Crippen molar-refractivity contribution >= 4 is 93.2 Å². The highest BCUT2D eigenvalue weighted by molar-refractivity contribution is 6.29. The number of para-hydroxylation sites is 2. The van der Waals surface area contributed by atoms with Crippen LogP contribution in [0.3, 0.4) is 0 Å². The Morgan fingerprint density at radius 1 is 0.538 bits per heavy atom. The van der Waals surface area contributed by atoms with E-state index in [0.717, 1.165) is 74.1 Å². The molecule has 4 nitrogen and oxygen atoms in total. The number of furan rings is 1. The third kappa shape index (κ3) is 3.92. The first-order valence-electron chi connectivity index (χ1n) is 18.3. The molecule has 7 aromatic carbocycles. The van der Waals surface area contributed by atoms with E-state index in [1.54, 1.807) is 0 Å². The van der Waals surface area contributed by atoms with Gasteiger partial charge in [-0.15, -0.1) is 0 Å². The summed E-state index contributed by atoms with van der Waals surface area (Å²) in [7, 11) is 0. The zero-order chi connectivity index (χ0) is 34.5. The van der Waals surface area contributed by atoms with Crippen LogP contribution in [0, 0.1) is 0 Å². The molecule has 0 spiro atoms. The second-order valence-electron chi connectivity index (χ2n) is 13.6. The maximum Gasteiger partial charge on any atom is 0.156 e. The number of benzene rings is 7. The van der Waals surface area contributed by atoms with Gasteiger partial charge in [-0.05, 0) is 53.1 Å². The molecule has 4 heteroatoms. The predicted octanol–water partition coefficient (Wildman–Crippen LogP) is 13.0. The van der Waals surface area contributed by atoms with Gasteiger partial charge >= 0.3 is 0 Å². The molecule has 11 aromatic rings. The van der Waals surface area contributed by atoms with Crippen LogP contribution in [0.25, 0.3) is 104 Å². The van der Waals surface area contributed by atoms with E-state index in [0.29, 0.717) is 0 Å². The molecule has 0 saturated carbocycles. The molecule has 4 aromatic heterocycles. The van der Waals surface area contributed by atoms with E-state index in [1.807, 2.05) is 13.8 Å². The van der Waals surface area contributed by atoms with Crippen molar-refractivity contribution in [2.24, 2.45) is 0 Å². The second-order valence-corrected chi connectivity index (χ2v) is 13.6. The number of nitrogens with zero attached hydrogens (tertiary/aromatic N) is 3. The van der Waals surface area contributed by atoms with Crippen molar-refractivity contribution in [3.63, 3.8) is 0 Å². The average Bonchev–Trinajstić information content (AvgIpc) is 3.88. The summed E-state index contributed by atoms with van der Waals surface area (Å²) in [4.78, 5) is 10.6. The van der Waals surface area contributed by atoms with Crippen molar-refractivity contribution in [2.45, 2.75) is 26.7 Å². The highest BCUT2D eigenvalue weighted by Crippen LogP contribution is 2.45. The summed E-state index contributed by atoms with van der Waals surface area (Å²) in [6.07, 6.45) is 3.91. The summed E-state index contributed by atoms with van der Waals surface area (Å²) in [5.41, 5.74) is 10.0. The molecule has 1 aliphatic rings. The van der Waals surface area contributed by atoms with Gasteiger partial charge in [0.05, 0.1) is 27.8 Å². The molecule has 12 rings (SSSR count). The maximum atomic E-state index is 6.61. The standard InChI is InChI=1S/C46H27N3O.C2H6/c1-2-10-27(11-3-1)42-36-19-17-26-9-4-5-12-29(26)43(36)48-46(47-42)28-18-23-39-37(25-28)41-31-20-21-35-33-15-8-14-32-30-13-6-7-16-38(30)49(44(32)33)45(35)34(31)22-24-40(41)50-39;1-2/h1-17,19-22,24-25H,18,23H2;1-2H3. The van der Waals surface area contributed by atoms with E-state index in [1.165, 1.54) is 54.3 Å². The van der Waals surface area contributed by atoms with Crippen LogP contribution in [0.1, 0.15) is 37.4 Å². The first-order valence-corrected chi connectivity index (χ1v) is 18.3. The molecule has 4 heterocycles. The number of fused-ring (bicyclic) bond motifs is 15. The number of hydrogen-bond donors (Lipinski definition) is 0. The Morgan fingerprint density at radius 3 is 2.06 bits per heavy atom. The lowest BCUT2D eigenvalue weighted by Gasteiger charge is -2.15. The monoisotopic (exact) mass is 667 g/mol. The van der Waals surface area contributed by atoms with Gasteiger partial charge in [0.2, 0.25) is 0 Å². The van der Waals surface area contributed by atoms with E-state index in [4.69, 9.17) is 14.4 Å². The molecule has 1 aliphatic carbocycles. The molecule has 0 bridgehead atoms. The molecular weight excluding hydrogens is 635 g/mol. The molecule has 0 aliphatic heterocycles. The summed E-state index contributed by atoms with van der Waals surface area (Å²) in [6.45, 7) is 4.00. The van der Waals surface area contributed by atoms with Crippen molar-refractivity contribution < 1.29 is 4.42 Å². The Kier molecular flexibility index (Phi) is 6.18. The highest BCUT2D eigenvalue weighted by Gasteiger charge is 2.25. The van der Waals surface area contributed by atoms with Crippen LogP contribution < -0.4 is 0 Å². The van der Waals surface area contributed by atoms with E-state index < -0.39 is 0 Å². The summed E-state index contributed by atoms with van der Waals surface area (Å²) < 4.78 is 9.09. The minimum Gasteiger partial charge on any atom is -0.460 e. The third-order valence-corrected chi connectivity index (χ3v) is 11.0. The molecule has 0 N–H and O–H groups in total. The smallest absolute Gasteiger partial charge is 0.156 e. The van der Waals surface area contributed by atoms with Crippen LogP contribution in [0.2, 0.25) is 0 Å². The number of rotatable bonds is 2. The van der Waals surface area contributed by atoms with Gasteiger partial charge in [0.1, 0.15) is 11.3 Å². The number of allylic oxidation sites excluding steroid dienone is 1. The van der Waals surface area contributed by atoms with Gasteiger partial charge in [0, 0.05) is 60.6 Å². The average molecular weight is 668 g/mol. The Hall–Kier alpha value is -6.52. The van der Waals surface area contributed by atoms with E-state index in [2.05, 4.69) is 144 Å². The van der Waals surface area contributed by atoms with Crippen LogP contribution in [-0.2, 0) is 6.42 Å². The number of aromatic nitrogens is 3. The van der Waals surface area contributed by atoms with Gasteiger partial charge < -0.3 is 8.82 Å². The van der Waals surface area contributed by atoms with Crippen LogP contribution in [0.4, 0.5) is 0 Å². The lowest BCUT2D eigenvalue weighted by atomic mass is 9.92. The van der Waals surface area contributed by atoms with Gasteiger partial charge in [-0.2, -0.15) is 0 Å². The normalized spacial score (nSPS) is 13.2. The quantitative estimate of drug-likeness (QED) is 0.172. The number of aryl methyl sites for hydroxylation is 1. The minimum atomic E-state index is 0.783. The topological polar surface area (TPSA) is 43.3 Å². The maximum absolute atomic E-state index is 6.61. The summed E-state index contributed by atoms with van der Waals surface area (Å²) in [5, 5.41) is 12.2. The van der Waals surface area contributed by atoms with Crippen LogP contribution >= 0.6 is 0 Å². The first kappa shape index (κ1) is 29.2. The van der Waals surface area contributed by atoms with Crippen LogP contribution in [0.5, 0.6) is 0 Å². The second kappa shape index (κ2) is 11.0. The fourth-order valence-electron chi connectivity index (χ4n) is 8.82. The SMILES string of the molecule is C1=C(c2nc(-c3ccccc3)c3ccc4ccccc4c3n2)CCc2oc3ccc4c(ccc5c6cccc7c8ccccc8n(c45)c76)c3c21.CC. The molecule has 0 fully saturated rings. The fourth-order valence-corrected chi connectivity index (χ4v) is 8.82. The summed E-state index contributed by atoms with van der Waals surface area (Å²) in [5.74, 6) is 1.81. The lowest BCUT2D eigenvalue weighted by molar-refractivity contribution is 0.547. The summed E-state index contributed by atoms with van der Waals surface area (Å²) in [6, 6.07) is 47.9. The van der Waals surface area contributed by atoms with Crippen molar-refractivity contribution in [3.8, 4) is 11.3 Å². The molecule has 0 saturated heterocycles. The lowest BCUT2D eigenvalue weighted by Crippen LogP contribution is -2.03. The molecule has 0 atom stereocenters. The Morgan fingerprint density at radius 2 is 1.19 bits per heavy atom. The Balaban J connectivity index is 0.00000158. The Bertz CT molecular complexity index is 3260.